The van der Waals surface area contributed by atoms with Gasteiger partial charge in [0.1, 0.15) is 0 Å². The summed E-state index contributed by atoms with van der Waals surface area (Å²) in [6.07, 6.45) is 20.5. The van der Waals surface area contributed by atoms with Gasteiger partial charge >= 0.3 is 0 Å². The number of allylic oxidation sites excluding steroid dienone is 4. The van der Waals surface area contributed by atoms with Crippen molar-refractivity contribution < 1.29 is 0 Å². The molecule has 12 heavy (non-hydrogen) atoms. The average Bonchev–Trinajstić information content (AvgIpc) is 2.05. The fourth-order valence-corrected chi connectivity index (χ4v) is 1.42. The molecule has 0 N–H and O–H groups in total. The molecule has 0 fully saturated rings. The van der Waals surface area contributed by atoms with Gasteiger partial charge < -0.3 is 0 Å². The standard InChI is InChI=1S/C12H19/c1-2-4-6-8-10-12-11-9-7-5-3-1/h1-2,5,9,11H,3-4,6-8,10,12H2/b2-1-,11-9+. The van der Waals surface area contributed by atoms with Crippen LogP contribution in [-0.4, -0.2) is 0 Å². The Labute approximate surface area is 76.4 Å². The quantitative estimate of drug-likeness (QED) is 0.473. The van der Waals surface area contributed by atoms with Crippen molar-refractivity contribution >= 4 is 0 Å². The Hall–Kier alpha value is -0.520. The second-order valence-electron chi connectivity index (χ2n) is 3.34. The molecule has 1 rings (SSSR count). The van der Waals surface area contributed by atoms with E-state index in [4.69, 9.17) is 0 Å². The van der Waals surface area contributed by atoms with Gasteiger partial charge in [0.25, 0.3) is 0 Å². The van der Waals surface area contributed by atoms with Crippen LogP contribution in [0.2, 0.25) is 0 Å². The van der Waals surface area contributed by atoms with Crippen molar-refractivity contribution in [3.8, 4) is 0 Å². The molecule has 1 radical (unpaired) electrons. The molecule has 0 aromatic rings. The predicted octanol–water partition coefficient (Wildman–Crippen LogP) is 4.05. The monoisotopic (exact) mass is 163 g/mol. The molecule has 0 aliphatic heterocycles. The van der Waals surface area contributed by atoms with E-state index in [1.54, 1.807) is 0 Å². The second-order valence-corrected chi connectivity index (χ2v) is 3.34. The molecule has 67 valence electrons. The summed E-state index contributed by atoms with van der Waals surface area (Å²) < 4.78 is 0. The number of rotatable bonds is 0. The maximum atomic E-state index is 2.33. The molecule has 0 aromatic carbocycles. The summed E-state index contributed by atoms with van der Waals surface area (Å²) in [5.74, 6) is 0. The Morgan fingerprint density at radius 3 is 1.75 bits per heavy atom. The van der Waals surface area contributed by atoms with Crippen LogP contribution >= 0.6 is 0 Å². The van der Waals surface area contributed by atoms with Crippen LogP contribution in [0.25, 0.3) is 0 Å². The van der Waals surface area contributed by atoms with Crippen LogP contribution in [0.3, 0.4) is 0 Å². The van der Waals surface area contributed by atoms with Gasteiger partial charge in [-0.15, -0.1) is 0 Å². The highest BCUT2D eigenvalue weighted by atomic mass is 13.9. The van der Waals surface area contributed by atoms with E-state index in [0.29, 0.717) is 0 Å². The molecular formula is C12H19. The first kappa shape index (κ1) is 9.57. The Morgan fingerprint density at radius 1 is 0.583 bits per heavy atom. The summed E-state index contributed by atoms with van der Waals surface area (Å²) in [6, 6.07) is 0. The third-order valence-electron chi connectivity index (χ3n) is 2.18. The minimum atomic E-state index is 1.14. The van der Waals surface area contributed by atoms with Crippen molar-refractivity contribution in [1.82, 2.24) is 0 Å². The molecular weight excluding hydrogens is 144 g/mol. The summed E-state index contributed by atoms with van der Waals surface area (Å²) in [7, 11) is 0. The van der Waals surface area contributed by atoms with Crippen molar-refractivity contribution in [3.63, 3.8) is 0 Å². The van der Waals surface area contributed by atoms with E-state index in [1.807, 2.05) is 0 Å². The zero-order chi connectivity index (χ0) is 8.49. The highest BCUT2D eigenvalue weighted by Gasteiger charge is 1.88. The van der Waals surface area contributed by atoms with E-state index in [9.17, 15) is 0 Å². The normalized spacial score (nSPS) is 26.7. The van der Waals surface area contributed by atoms with Crippen molar-refractivity contribution in [2.24, 2.45) is 0 Å². The molecule has 0 aromatic heterocycles. The summed E-state index contributed by atoms with van der Waals surface area (Å²) in [6.45, 7) is 0. The molecule has 0 unspecified atom stereocenters. The topological polar surface area (TPSA) is 0 Å². The molecule has 0 saturated carbocycles. The van der Waals surface area contributed by atoms with Crippen LogP contribution in [0.5, 0.6) is 0 Å². The fourth-order valence-electron chi connectivity index (χ4n) is 1.42. The van der Waals surface area contributed by atoms with E-state index in [1.165, 1.54) is 32.1 Å². The molecule has 1 aliphatic carbocycles. The first-order chi connectivity index (χ1) is 6.00. The van der Waals surface area contributed by atoms with Crippen LogP contribution < -0.4 is 0 Å². The molecule has 0 atom stereocenters. The SMILES string of the molecule is [CH]1C/C=C\CCCCC/C=C/C1. The molecule has 0 amide bonds. The van der Waals surface area contributed by atoms with E-state index < -0.39 is 0 Å². The van der Waals surface area contributed by atoms with E-state index in [2.05, 4.69) is 30.7 Å². The van der Waals surface area contributed by atoms with Crippen molar-refractivity contribution in [1.29, 1.82) is 0 Å². The maximum Gasteiger partial charge on any atom is -0.0311 e. The third-order valence-corrected chi connectivity index (χ3v) is 2.18. The summed E-state index contributed by atoms with van der Waals surface area (Å²) in [4.78, 5) is 0. The lowest BCUT2D eigenvalue weighted by Crippen LogP contribution is -1.78. The van der Waals surface area contributed by atoms with Gasteiger partial charge in [0.2, 0.25) is 0 Å². The van der Waals surface area contributed by atoms with E-state index in [-0.39, 0.29) is 0 Å². The predicted molar refractivity (Wildman–Crippen MR) is 54.9 cm³/mol. The highest BCUT2D eigenvalue weighted by Crippen LogP contribution is 2.07. The molecule has 0 nitrogen and oxygen atoms in total. The van der Waals surface area contributed by atoms with Gasteiger partial charge in [-0.05, 0) is 44.9 Å². The first-order valence-electron chi connectivity index (χ1n) is 5.12. The lowest BCUT2D eigenvalue weighted by Gasteiger charge is -1.97. The summed E-state index contributed by atoms with van der Waals surface area (Å²) in [5.41, 5.74) is 0. The van der Waals surface area contributed by atoms with Crippen LogP contribution in [0.1, 0.15) is 44.9 Å². The van der Waals surface area contributed by atoms with Crippen LogP contribution in [-0.2, 0) is 0 Å². The molecule has 1 aliphatic rings. The average molecular weight is 163 g/mol. The van der Waals surface area contributed by atoms with Gasteiger partial charge in [-0.25, -0.2) is 0 Å². The zero-order valence-corrected chi connectivity index (χ0v) is 7.84. The fraction of sp³-hybridized carbons (Fsp3) is 0.583. The second kappa shape index (κ2) is 7.15. The maximum absolute atomic E-state index is 2.33. The molecule has 0 spiro atoms. The van der Waals surface area contributed by atoms with Crippen LogP contribution in [0.4, 0.5) is 0 Å². The lowest BCUT2D eigenvalue weighted by atomic mass is 10.1. The summed E-state index contributed by atoms with van der Waals surface area (Å²) >= 11 is 0. The Kier molecular flexibility index (Phi) is 5.70. The number of hydrogen-bond donors (Lipinski definition) is 0. The van der Waals surface area contributed by atoms with Crippen LogP contribution in [0.15, 0.2) is 24.3 Å². The van der Waals surface area contributed by atoms with Gasteiger partial charge in [-0.1, -0.05) is 30.7 Å². The third kappa shape index (κ3) is 5.17. The van der Waals surface area contributed by atoms with Crippen molar-refractivity contribution in [2.45, 2.75) is 44.9 Å². The van der Waals surface area contributed by atoms with Gasteiger partial charge in [0.05, 0.1) is 0 Å². The first-order valence-corrected chi connectivity index (χ1v) is 5.12. The van der Waals surface area contributed by atoms with Crippen molar-refractivity contribution in [3.05, 3.63) is 30.7 Å². The Bertz CT molecular complexity index is 126. The zero-order valence-electron chi connectivity index (χ0n) is 7.84. The van der Waals surface area contributed by atoms with Gasteiger partial charge in [0.15, 0.2) is 0 Å². The van der Waals surface area contributed by atoms with Gasteiger partial charge in [-0.2, -0.15) is 0 Å². The Balaban J connectivity index is 2.19. The van der Waals surface area contributed by atoms with Crippen LogP contribution in [0, 0.1) is 6.42 Å². The highest BCUT2D eigenvalue weighted by molar-refractivity contribution is 4.93. The minimum absolute atomic E-state index is 1.14. The minimum Gasteiger partial charge on any atom is -0.0885 e. The van der Waals surface area contributed by atoms with Crippen molar-refractivity contribution in [2.75, 3.05) is 0 Å². The largest absolute Gasteiger partial charge is 0.0885 e. The molecule has 0 heterocycles. The summed E-state index contributed by atoms with van der Waals surface area (Å²) in [5, 5.41) is 0. The van der Waals surface area contributed by atoms with Gasteiger partial charge in [-0.3, -0.25) is 0 Å². The molecule has 0 saturated heterocycles. The Morgan fingerprint density at radius 2 is 1.17 bits per heavy atom. The van der Waals surface area contributed by atoms with E-state index >= 15 is 0 Å². The lowest BCUT2D eigenvalue weighted by molar-refractivity contribution is 0.694. The molecule has 0 heteroatoms. The molecule has 0 bridgehead atoms. The number of hydrogen-bond acceptors (Lipinski definition) is 0. The van der Waals surface area contributed by atoms with Gasteiger partial charge in [0, 0.05) is 0 Å². The van der Waals surface area contributed by atoms with E-state index in [0.717, 1.165) is 12.8 Å². The smallest absolute Gasteiger partial charge is 0.0311 e.